The van der Waals surface area contributed by atoms with Gasteiger partial charge in [-0.25, -0.2) is 0 Å². The van der Waals surface area contributed by atoms with Crippen LogP contribution in [0.25, 0.3) is 0 Å². The molecule has 0 saturated carbocycles. The zero-order valence-electron chi connectivity index (χ0n) is 13.6. The second-order valence-corrected chi connectivity index (χ2v) is 4.31. The Morgan fingerprint density at radius 3 is 0.875 bits per heavy atom. The number of allylic oxidation sites excluding steroid dienone is 4. The van der Waals surface area contributed by atoms with Gasteiger partial charge in [0, 0.05) is 24.3 Å². The summed E-state index contributed by atoms with van der Waals surface area (Å²) in [5.74, 6) is -1.36. The molecule has 0 radical (unpaired) electrons. The van der Waals surface area contributed by atoms with Gasteiger partial charge in [-0.2, -0.15) is 0 Å². The molecule has 2 aliphatic rings. The molecule has 0 aliphatic heterocycles. The first-order valence-corrected chi connectivity index (χ1v) is 6.58. The molecule has 2 aliphatic carbocycles. The first-order valence-electron chi connectivity index (χ1n) is 6.58. The van der Waals surface area contributed by atoms with E-state index in [1.807, 2.05) is 0 Å². The lowest BCUT2D eigenvalue weighted by Crippen LogP contribution is -2.16. The first-order chi connectivity index (χ1) is 11.4. The Morgan fingerprint density at radius 2 is 0.708 bits per heavy atom. The topological polar surface area (TPSA) is 105 Å². The Morgan fingerprint density at radius 1 is 0.500 bits per heavy atom. The number of ketones is 4. The maximum Gasteiger partial charge on any atom is 0.262 e. The van der Waals surface area contributed by atoms with E-state index in [0.717, 1.165) is 24.3 Å². The molecule has 2 rings (SSSR count). The maximum absolute atomic E-state index is 11.2. The summed E-state index contributed by atoms with van der Waals surface area (Å²) >= 11 is 0. The van der Waals surface area contributed by atoms with Crippen LogP contribution in [0, 0.1) is 0 Å². The third-order valence-corrected chi connectivity index (χ3v) is 2.87. The van der Waals surface area contributed by atoms with Crippen molar-refractivity contribution in [2.45, 2.75) is 0 Å². The number of methoxy groups -OCH3 is 4. The zero-order chi connectivity index (χ0) is 18.3. The van der Waals surface area contributed by atoms with Gasteiger partial charge in [0.15, 0.2) is 34.6 Å². The summed E-state index contributed by atoms with van der Waals surface area (Å²) in [6.07, 6.45) is 4.52. The van der Waals surface area contributed by atoms with Crippen molar-refractivity contribution in [3.8, 4) is 0 Å². The number of hydrogen-bond acceptors (Lipinski definition) is 8. The van der Waals surface area contributed by atoms with E-state index in [4.69, 9.17) is 0 Å². The van der Waals surface area contributed by atoms with Crippen molar-refractivity contribution >= 4 is 23.1 Å². The minimum absolute atomic E-state index is 0.0133. The zero-order valence-corrected chi connectivity index (χ0v) is 13.6. The average molecular weight is 336 g/mol. The minimum Gasteiger partial charge on any atom is -0.492 e. The van der Waals surface area contributed by atoms with E-state index < -0.39 is 11.6 Å². The van der Waals surface area contributed by atoms with E-state index in [9.17, 15) is 19.2 Å². The normalized spacial score (nSPS) is 16.8. The van der Waals surface area contributed by atoms with E-state index in [-0.39, 0.29) is 34.6 Å². The number of carbonyl (C=O) groups is 4. The van der Waals surface area contributed by atoms with Crippen LogP contribution in [-0.4, -0.2) is 51.6 Å². The molecule has 0 amide bonds. The van der Waals surface area contributed by atoms with Crippen molar-refractivity contribution in [1.82, 2.24) is 0 Å². The van der Waals surface area contributed by atoms with Gasteiger partial charge in [-0.15, -0.1) is 0 Å². The fraction of sp³-hybridized carbons (Fsp3) is 0.250. The predicted molar refractivity (Wildman–Crippen MR) is 80.4 cm³/mol. The Bertz CT molecular complexity index is 579. The highest BCUT2D eigenvalue weighted by atomic mass is 16.5. The second kappa shape index (κ2) is 8.47. The molecule has 0 atom stereocenters. The summed E-state index contributed by atoms with van der Waals surface area (Å²) < 4.78 is 18.7. The predicted octanol–water partition coefficient (Wildman–Crippen LogP) is 0.398. The molecule has 0 aromatic carbocycles. The fourth-order valence-electron chi connectivity index (χ4n) is 1.71. The van der Waals surface area contributed by atoms with Gasteiger partial charge in [0.1, 0.15) is 0 Å². The number of Topliss-reactive ketones (excluding diaryl/α,β-unsaturated/α-hetero) is 2. The summed E-state index contributed by atoms with van der Waals surface area (Å²) in [5, 5.41) is 0. The van der Waals surface area contributed by atoms with Crippen LogP contribution < -0.4 is 0 Å². The van der Waals surface area contributed by atoms with Crippen molar-refractivity contribution < 1.29 is 38.1 Å². The van der Waals surface area contributed by atoms with E-state index in [1.165, 1.54) is 28.4 Å². The lowest BCUT2D eigenvalue weighted by molar-refractivity contribution is -0.120. The molecule has 8 nitrogen and oxygen atoms in total. The molecule has 0 N–H and O–H groups in total. The van der Waals surface area contributed by atoms with Crippen molar-refractivity contribution in [2.24, 2.45) is 0 Å². The molecule has 0 aromatic rings. The number of rotatable bonds is 4. The van der Waals surface area contributed by atoms with Gasteiger partial charge in [0.25, 0.3) is 11.6 Å². The maximum atomic E-state index is 11.2. The Hall–Kier alpha value is -3.16. The Balaban J connectivity index is 0.000000240. The Labute approximate surface area is 138 Å². The molecular formula is C16H16O8. The van der Waals surface area contributed by atoms with Crippen LogP contribution in [-0.2, 0) is 38.1 Å². The lowest BCUT2D eigenvalue weighted by Gasteiger charge is -2.10. The molecule has 0 aromatic heterocycles. The number of carbonyl (C=O) groups excluding carboxylic acids is 4. The quantitative estimate of drug-likeness (QED) is 0.679. The smallest absolute Gasteiger partial charge is 0.262 e. The van der Waals surface area contributed by atoms with Gasteiger partial charge < -0.3 is 18.9 Å². The van der Waals surface area contributed by atoms with E-state index >= 15 is 0 Å². The van der Waals surface area contributed by atoms with Crippen LogP contribution in [0.4, 0.5) is 0 Å². The van der Waals surface area contributed by atoms with Crippen LogP contribution in [0.2, 0.25) is 0 Å². The van der Waals surface area contributed by atoms with Crippen LogP contribution in [0.15, 0.2) is 47.3 Å². The van der Waals surface area contributed by atoms with Gasteiger partial charge in [0.05, 0.1) is 28.4 Å². The highest BCUT2D eigenvalue weighted by Crippen LogP contribution is 2.14. The van der Waals surface area contributed by atoms with Crippen LogP contribution in [0.1, 0.15) is 0 Å². The van der Waals surface area contributed by atoms with Crippen molar-refractivity contribution in [1.29, 1.82) is 0 Å². The molecule has 0 bridgehead atoms. The van der Waals surface area contributed by atoms with Crippen LogP contribution >= 0.6 is 0 Å². The monoisotopic (exact) mass is 336 g/mol. The molecule has 0 unspecified atom stereocenters. The van der Waals surface area contributed by atoms with Crippen LogP contribution in [0.3, 0.4) is 0 Å². The standard InChI is InChI=1S/2C8H8O4/c2*1-11-6-3-5(9)4-7(12-2)8(6)10/h2*3-4H,1-2H3. The largest absolute Gasteiger partial charge is 0.492 e. The lowest BCUT2D eigenvalue weighted by atomic mass is 10.1. The first kappa shape index (κ1) is 18.9. The van der Waals surface area contributed by atoms with Crippen molar-refractivity contribution in [2.75, 3.05) is 28.4 Å². The summed E-state index contributed by atoms with van der Waals surface area (Å²) in [7, 11) is 5.32. The van der Waals surface area contributed by atoms with E-state index in [2.05, 4.69) is 18.9 Å². The van der Waals surface area contributed by atoms with Crippen molar-refractivity contribution in [3.63, 3.8) is 0 Å². The molecule has 8 heteroatoms. The highest BCUT2D eigenvalue weighted by Gasteiger charge is 2.23. The summed E-state index contributed by atoms with van der Waals surface area (Å²) in [6.45, 7) is 0. The molecule has 24 heavy (non-hydrogen) atoms. The fourth-order valence-corrected chi connectivity index (χ4v) is 1.71. The summed E-state index contributed by atoms with van der Waals surface area (Å²) in [6, 6.07) is 0. The average Bonchev–Trinajstić information content (AvgIpc) is 2.58. The van der Waals surface area contributed by atoms with Crippen LogP contribution in [0.5, 0.6) is 0 Å². The highest BCUT2D eigenvalue weighted by molar-refractivity contribution is 6.18. The van der Waals surface area contributed by atoms with Gasteiger partial charge >= 0.3 is 0 Å². The van der Waals surface area contributed by atoms with Crippen molar-refractivity contribution in [3.05, 3.63) is 47.3 Å². The number of hydrogen-bond donors (Lipinski definition) is 0. The second-order valence-electron chi connectivity index (χ2n) is 4.31. The van der Waals surface area contributed by atoms with Gasteiger partial charge in [-0.3, -0.25) is 19.2 Å². The van der Waals surface area contributed by atoms with E-state index in [0.29, 0.717) is 0 Å². The third-order valence-electron chi connectivity index (χ3n) is 2.87. The SMILES string of the molecule is COC1=CC(=O)C=C(OC)C1=O.COC1=CC(=O)C=C(OC)C1=O. The molecule has 0 heterocycles. The van der Waals surface area contributed by atoms with Gasteiger partial charge in [0.2, 0.25) is 0 Å². The summed E-state index contributed by atoms with van der Waals surface area (Å²) in [4.78, 5) is 44.2. The molecule has 128 valence electrons. The van der Waals surface area contributed by atoms with Gasteiger partial charge in [-0.1, -0.05) is 0 Å². The third kappa shape index (κ3) is 4.42. The molecule has 0 saturated heterocycles. The molecule has 0 spiro atoms. The molecular weight excluding hydrogens is 320 g/mol. The minimum atomic E-state index is -0.403. The van der Waals surface area contributed by atoms with Gasteiger partial charge in [-0.05, 0) is 0 Å². The number of ether oxygens (including phenoxy) is 4. The summed E-state index contributed by atoms with van der Waals surface area (Å²) in [5.41, 5.74) is 0. The van der Waals surface area contributed by atoms with E-state index in [1.54, 1.807) is 0 Å². The molecule has 0 fully saturated rings. The Kier molecular flexibility index (Phi) is 6.66.